The van der Waals surface area contributed by atoms with E-state index in [9.17, 15) is 49.5 Å². The maximum absolute atomic E-state index is 13.0. The first kappa shape index (κ1) is 53.7. The minimum absolute atomic E-state index is 0. The van der Waals surface area contributed by atoms with Gasteiger partial charge in [0.1, 0.15) is 6.42 Å². The molecule has 0 saturated carbocycles. The van der Waals surface area contributed by atoms with Gasteiger partial charge in [-0.25, -0.2) is 0 Å². The zero-order valence-corrected chi connectivity index (χ0v) is 38.5. The van der Waals surface area contributed by atoms with Crippen LogP contribution in [0.15, 0.2) is 72.8 Å². The average molecular weight is 870 g/mol. The number of nitro groups is 3. The summed E-state index contributed by atoms with van der Waals surface area (Å²) in [6.45, 7) is 5.72. The molecule has 2 aliphatic heterocycles. The van der Waals surface area contributed by atoms with E-state index in [2.05, 4.69) is 14.4 Å². The number of rotatable bonds is 9. The van der Waals surface area contributed by atoms with E-state index in [-0.39, 0.29) is 147 Å². The molecular weight excluding hydrogens is 836 g/mol. The molecule has 0 amide bonds. The molecule has 0 unspecified atom stereocenters. The number of nitrogens with zero attached hydrogens (tertiary/aromatic N) is 3. The number of alkyl halides is 1. The molecule has 2 saturated heterocycles. The maximum atomic E-state index is 13.0. The molecule has 0 bridgehead atoms. The SMILES string of the molecule is CC1(C)OC(=O)C(Cc2ccc([N+](=O)[O-])cc2)(Cc2ccc([N+](=O)[O-])cc2)C(=O)O1.CC1(C)OC(=O)CC(=O)O1.O=CO[O-].O=[N+]([O-])c1ccc(CCl)cc1.[H-].[K+].[K+]. The molecule has 0 N–H and O–H groups in total. The van der Waals surface area contributed by atoms with Gasteiger partial charge in [-0.15, -0.1) is 11.6 Å². The number of non-ortho nitro benzene ring substituents is 3. The van der Waals surface area contributed by atoms with E-state index in [1.54, 1.807) is 12.1 Å². The molecule has 0 spiro atoms. The summed E-state index contributed by atoms with van der Waals surface area (Å²) in [4.78, 5) is 88.7. The molecule has 5 rings (SSSR count). The van der Waals surface area contributed by atoms with Crippen LogP contribution in [-0.4, -0.2) is 56.7 Å². The number of esters is 4. The molecule has 0 aromatic heterocycles. The van der Waals surface area contributed by atoms with Crippen molar-refractivity contribution in [3.05, 3.63) is 120 Å². The van der Waals surface area contributed by atoms with E-state index in [1.807, 2.05) is 0 Å². The molecule has 20 nitrogen and oxygen atoms in total. The van der Waals surface area contributed by atoms with Crippen LogP contribution in [0.25, 0.3) is 0 Å². The van der Waals surface area contributed by atoms with Crippen molar-refractivity contribution in [1.82, 2.24) is 0 Å². The Morgan fingerprint density at radius 1 is 0.632 bits per heavy atom. The van der Waals surface area contributed by atoms with Crippen molar-refractivity contribution in [2.75, 3.05) is 0 Å². The van der Waals surface area contributed by atoms with Gasteiger partial charge in [-0.05, 0) is 29.5 Å². The maximum Gasteiger partial charge on any atom is 1.00 e. The molecule has 57 heavy (non-hydrogen) atoms. The normalized spacial score (nSPS) is 15.3. The Kier molecular flexibility index (Phi) is 23.2. The zero-order chi connectivity index (χ0) is 41.6. The van der Waals surface area contributed by atoms with Crippen molar-refractivity contribution in [3.63, 3.8) is 0 Å². The Morgan fingerprint density at radius 2 is 0.912 bits per heavy atom. The van der Waals surface area contributed by atoms with Crippen molar-refractivity contribution in [2.24, 2.45) is 5.41 Å². The van der Waals surface area contributed by atoms with Gasteiger partial charge < -0.3 is 30.5 Å². The molecule has 3 aromatic carbocycles. The van der Waals surface area contributed by atoms with E-state index in [0.29, 0.717) is 17.0 Å². The summed E-state index contributed by atoms with van der Waals surface area (Å²) in [5.74, 6) is -4.75. The molecule has 3 aromatic rings. The molecule has 2 aliphatic rings. The van der Waals surface area contributed by atoms with Crippen LogP contribution < -0.4 is 108 Å². The number of cyclic esters (lactones) is 4. The number of benzene rings is 3. The fourth-order valence-electron chi connectivity index (χ4n) is 4.73. The fraction of sp³-hybridized carbons (Fsp3) is 0.324. The van der Waals surface area contributed by atoms with E-state index in [0.717, 1.165) is 5.56 Å². The third kappa shape index (κ3) is 17.6. The van der Waals surface area contributed by atoms with Gasteiger partial charge in [0.15, 0.2) is 5.41 Å². The summed E-state index contributed by atoms with van der Waals surface area (Å²) in [6.07, 6.45) is -0.505. The monoisotopic (exact) mass is 869 g/mol. The number of hydrogen-bond donors (Lipinski definition) is 0. The minimum Gasteiger partial charge on any atom is -1.00 e. The van der Waals surface area contributed by atoms with Gasteiger partial charge in [-0.3, -0.25) is 54.3 Å². The molecule has 0 atom stereocenters. The number of carbonyl (C=O) groups is 5. The van der Waals surface area contributed by atoms with Gasteiger partial charge in [0, 0.05) is 70.0 Å². The van der Waals surface area contributed by atoms with Crippen molar-refractivity contribution in [1.29, 1.82) is 0 Å². The molecular formula is C34H34ClK2N3O17. The molecule has 296 valence electrons. The second kappa shape index (κ2) is 24.6. The van der Waals surface area contributed by atoms with Crippen LogP contribution in [0.3, 0.4) is 0 Å². The van der Waals surface area contributed by atoms with Gasteiger partial charge >= 0.3 is 127 Å². The smallest absolute Gasteiger partial charge is 1.00 e. The quantitative estimate of drug-likeness (QED) is 0.0335. The van der Waals surface area contributed by atoms with Gasteiger partial charge in [0.25, 0.3) is 35.1 Å². The third-order valence-electron chi connectivity index (χ3n) is 7.11. The van der Waals surface area contributed by atoms with Crippen LogP contribution in [0.2, 0.25) is 0 Å². The first-order valence-corrected chi connectivity index (χ1v) is 16.1. The molecule has 23 heteroatoms. The number of ether oxygens (including phenoxy) is 4. The Hall–Kier alpha value is -3.27. The standard InChI is InChI=1S/C20H18N2O8.C7H6ClNO2.C6H8O4.CH2O3.2K.H/c1-19(2)29-17(23)20(18(24)30-19,11-13-3-7-15(8-4-13)21(25)26)12-14-5-9-16(10-6-14)22(27)28;8-5-6-1-3-7(4-2-6)9(10)11;1-6(2)9-4(7)3-5(8)10-6;2-1-4-3;;;/h3-10H,11-12H2,1-2H3;1-4H,5H2;3H2,1-2H3;1,3H;;;/q;;;;2*+1;-1/p-1. The van der Waals surface area contributed by atoms with Crippen LogP contribution in [0.5, 0.6) is 0 Å². The van der Waals surface area contributed by atoms with Crippen LogP contribution in [0.4, 0.5) is 17.1 Å². The van der Waals surface area contributed by atoms with E-state index in [1.165, 1.54) is 88.4 Å². The Balaban J connectivity index is 0. The van der Waals surface area contributed by atoms with Gasteiger partial charge in [0.05, 0.1) is 14.8 Å². The van der Waals surface area contributed by atoms with Crippen molar-refractivity contribution in [3.8, 4) is 0 Å². The fourth-order valence-corrected chi connectivity index (χ4v) is 4.91. The summed E-state index contributed by atoms with van der Waals surface area (Å²) in [7, 11) is 0. The predicted octanol–water partition coefficient (Wildman–Crippen LogP) is -1.79. The van der Waals surface area contributed by atoms with Gasteiger partial charge in [-0.2, -0.15) is 0 Å². The van der Waals surface area contributed by atoms with E-state index >= 15 is 0 Å². The van der Waals surface area contributed by atoms with Gasteiger partial charge in [0.2, 0.25) is 0 Å². The van der Waals surface area contributed by atoms with Gasteiger partial charge in [-0.1, -0.05) is 36.4 Å². The summed E-state index contributed by atoms with van der Waals surface area (Å²) >= 11 is 5.49. The topological polar surface area (TPSA) is 284 Å². The summed E-state index contributed by atoms with van der Waals surface area (Å²) in [6, 6.07) is 17.1. The van der Waals surface area contributed by atoms with Crippen molar-refractivity contribution >= 4 is 59.0 Å². The number of halogens is 1. The van der Waals surface area contributed by atoms with Crippen molar-refractivity contribution in [2.45, 2.75) is 64.4 Å². The predicted molar refractivity (Wildman–Crippen MR) is 184 cm³/mol. The number of nitro benzene ring substituents is 3. The number of carbonyl (C=O) groups excluding carboxylic acids is 5. The van der Waals surface area contributed by atoms with Crippen LogP contribution in [-0.2, 0) is 66.5 Å². The van der Waals surface area contributed by atoms with E-state index in [4.69, 9.17) is 31.1 Å². The largest absolute Gasteiger partial charge is 1.00 e. The summed E-state index contributed by atoms with van der Waals surface area (Å²) in [5.41, 5.74) is -0.0125. The molecule has 2 fully saturated rings. The molecule has 2 heterocycles. The number of hydrogen-bond acceptors (Lipinski definition) is 17. The second-order valence-electron chi connectivity index (χ2n) is 12.2. The second-order valence-corrected chi connectivity index (χ2v) is 12.5. The van der Waals surface area contributed by atoms with E-state index < -0.39 is 55.6 Å². The van der Waals surface area contributed by atoms with Crippen LogP contribution >= 0.6 is 11.6 Å². The first-order chi connectivity index (χ1) is 25.7. The summed E-state index contributed by atoms with van der Waals surface area (Å²) in [5, 5.41) is 40.3. The Morgan fingerprint density at radius 3 is 1.16 bits per heavy atom. The van der Waals surface area contributed by atoms with Crippen LogP contribution in [0.1, 0.15) is 52.2 Å². The average Bonchev–Trinajstić information content (AvgIpc) is 3.10. The first-order valence-electron chi connectivity index (χ1n) is 15.6. The third-order valence-corrected chi connectivity index (χ3v) is 7.42. The Bertz CT molecular complexity index is 1800. The molecule has 0 aliphatic carbocycles. The zero-order valence-electron chi connectivity index (χ0n) is 32.5. The minimum atomic E-state index is -1.73. The summed E-state index contributed by atoms with van der Waals surface area (Å²) < 4.78 is 20.0. The van der Waals surface area contributed by atoms with Crippen molar-refractivity contribution < 1.29 is 172 Å². The Labute approximate surface area is 415 Å². The van der Waals surface area contributed by atoms with Crippen LogP contribution in [0, 0.1) is 35.8 Å². The molecule has 0 radical (unpaired) electrons.